The van der Waals surface area contributed by atoms with Crippen molar-refractivity contribution in [1.29, 1.82) is 0 Å². The summed E-state index contributed by atoms with van der Waals surface area (Å²) in [5.41, 5.74) is 2.55. The quantitative estimate of drug-likeness (QED) is 0.565. The molecular formula is C21H19N3O2S. The van der Waals surface area contributed by atoms with Gasteiger partial charge in [-0.1, -0.05) is 41.7 Å². The van der Waals surface area contributed by atoms with Crippen LogP contribution in [0, 0.1) is 0 Å². The van der Waals surface area contributed by atoms with E-state index < -0.39 is 0 Å². The molecule has 1 saturated heterocycles. The standard InChI is InChI=1S/C21H19N3O2S/c25-20(16-12-22-17-8-2-1-7-15(16)17)24(13-14-6-5-11-26-14)21-23-18-9-3-4-10-19(18)27-21/h1-4,7-10,12,14,22H,5-6,11,13H2. The number of nitrogens with zero attached hydrogens (tertiary/aromatic N) is 2. The van der Waals surface area contributed by atoms with Crippen LogP contribution in [0.15, 0.2) is 54.7 Å². The van der Waals surface area contributed by atoms with Gasteiger partial charge in [0.25, 0.3) is 5.91 Å². The first-order valence-electron chi connectivity index (χ1n) is 9.15. The molecule has 6 heteroatoms. The SMILES string of the molecule is O=C(c1c[nH]c2ccccc12)N(CC1CCCO1)c1nc2ccccc2s1. The summed E-state index contributed by atoms with van der Waals surface area (Å²) in [6, 6.07) is 15.9. The first-order chi connectivity index (χ1) is 13.3. The minimum absolute atomic E-state index is 0.0398. The van der Waals surface area contributed by atoms with E-state index in [1.54, 1.807) is 22.4 Å². The number of carbonyl (C=O) groups is 1. The van der Waals surface area contributed by atoms with Crippen molar-refractivity contribution in [1.82, 2.24) is 9.97 Å². The second kappa shape index (κ2) is 6.79. The van der Waals surface area contributed by atoms with Crippen LogP contribution in [0.4, 0.5) is 5.13 Å². The van der Waals surface area contributed by atoms with Gasteiger partial charge in [-0.25, -0.2) is 4.98 Å². The third kappa shape index (κ3) is 3.01. The molecule has 3 heterocycles. The smallest absolute Gasteiger partial charge is 0.262 e. The highest BCUT2D eigenvalue weighted by atomic mass is 32.1. The van der Waals surface area contributed by atoms with Crippen molar-refractivity contribution in [3.8, 4) is 0 Å². The summed E-state index contributed by atoms with van der Waals surface area (Å²) in [6.45, 7) is 1.29. The van der Waals surface area contributed by atoms with Crippen LogP contribution in [-0.4, -0.2) is 35.1 Å². The third-order valence-corrected chi connectivity index (χ3v) is 6.05. The molecule has 0 aliphatic carbocycles. The van der Waals surface area contributed by atoms with Gasteiger partial charge < -0.3 is 9.72 Å². The average Bonchev–Trinajstić information content (AvgIpc) is 3.44. The number of aromatic amines is 1. The summed E-state index contributed by atoms with van der Waals surface area (Å²) in [7, 11) is 0. The highest BCUT2D eigenvalue weighted by Gasteiger charge is 2.28. The Hall–Kier alpha value is -2.70. The second-order valence-electron chi connectivity index (χ2n) is 6.76. The van der Waals surface area contributed by atoms with Crippen LogP contribution >= 0.6 is 11.3 Å². The second-order valence-corrected chi connectivity index (χ2v) is 7.77. The topological polar surface area (TPSA) is 58.2 Å². The van der Waals surface area contributed by atoms with Gasteiger partial charge in [0.1, 0.15) is 0 Å². The Balaban J connectivity index is 1.57. The molecule has 1 amide bonds. The molecule has 0 bridgehead atoms. The Labute approximate surface area is 160 Å². The fourth-order valence-corrected chi connectivity index (χ4v) is 4.58. The van der Waals surface area contributed by atoms with Crippen molar-refractivity contribution >= 4 is 43.5 Å². The molecule has 1 fully saturated rings. The zero-order valence-corrected chi connectivity index (χ0v) is 15.5. The molecule has 0 spiro atoms. The van der Waals surface area contributed by atoms with Crippen LogP contribution in [0.25, 0.3) is 21.1 Å². The lowest BCUT2D eigenvalue weighted by Crippen LogP contribution is -2.37. The van der Waals surface area contributed by atoms with E-state index in [0.717, 1.165) is 45.7 Å². The van der Waals surface area contributed by atoms with E-state index in [1.165, 1.54) is 0 Å². The maximum atomic E-state index is 13.5. The van der Waals surface area contributed by atoms with Crippen LogP contribution in [0.1, 0.15) is 23.2 Å². The molecule has 27 heavy (non-hydrogen) atoms. The summed E-state index contributed by atoms with van der Waals surface area (Å²) >= 11 is 1.55. The summed E-state index contributed by atoms with van der Waals surface area (Å²) < 4.78 is 6.89. The van der Waals surface area contributed by atoms with Crippen LogP contribution in [0.2, 0.25) is 0 Å². The lowest BCUT2D eigenvalue weighted by Gasteiger charge is -2.22. The molecule has 1 N–H and O–H groups in total. The average molecular weight is 377 g/mol. The number of benzene rings is 2. The predicted molar refractivity (Wildman–Crippen MR) is 109 cm³/mol. The van der Waals surface area contributed by atoms with E-state index in [9.17, 15) is 4.79 Å². The number of fused-ring (bicyclic) bond motifs is 2. The number of ether oxygens (including phenoxy) is 1. The van der Waals surface area contributed by atoms with E-state index >= 15 is 0 Å². The molecule has 1 aliphatic rings. The number of aromatic nitrogens is 2. The number of hydrogen-bond acceptors (Lipinski definition) is 4. The van der Waals surface area contributed by atoms with Crippen molar-refractivity contribution in [2.24, 2.45) is 0 Å². The van der Waals surface area contributed by atoms with E-state index in [4.69, 9.17) is 9.72 Å². The molecule has 5 rings (SSSR count). The lowest BCUT2D eigenvalue weighted by molar-refractivity contribution is 0.0919. The Kier molecular flexibility index (Phi) is 4.14. The predicted octanol–water partition coefficient (Wildman–Crippen LogP) is 4.60. The zero-order valence-electron chi connectivity index (χ0n) is 14.7. The minimum Gasteiger partial charge on any atom is -0.376 e. The van der Waals surface area contributed by atoms with Gasteiger partial charge in [0.15, 0.2) is 5.13 Å². The Morgan fingerprint density at radius 2 is 2.07 bits per heavy atom. The molecule has 1 aliphatic heterocycles. The number of anilines is 1. The molecule has 0 saturated carbocycles. The summed E-state index contributed by atoms with van der Waals surface area (Å²) in [4.78, 5) is 23.2. The van der Waals surface area contributed by atoms with Crippen molar-refractivity contribution < 1.29 is 9.53 Å². The monoisotopic (exact) mass is 377 g/mol. The fourth-order valence-electron chi connectivity index (χ4n) is 3.61. The molecule has 2 aromatic heterocycles. The largest absolute Gasteiger partial charge is 0.376 e. The number of thiazole rings is 1. The molecule has 2 aromatic carbocycles. The summed E-state index contributed by atoms with van der Waals surface area (Å²) in [5, 5.41) is 1.66. The number of carbonyl (C=O) groups excluding carboxylic acids is 1. The number of hydrogen-bond donors (Lipinski definition) is 1. The maximum absolute atomic E-state index is 13.5. The van der Waals surface area contributed by atoms with Crippen LogP contribution in [0.5, 0.6) is 0 Å². The molecule has 4 aromatic rings. The highest BCUT2D eigenvalue weighted by Crippen LogP contribution is 2.31. The number of para-hydroxylation sites is 2. The molecule has 1 unspecified atom stereocenters. The number of rotatable bonds is 4. The number of nitrogens with one attached hydrogen (secondary N) is 1. The van der Waals surface area contributed by atoms with Gasteiger partial charge in [-0.3, -0.25) is 9.69 Å². The van der Waals surface area contributed by atoms with Crippen LogP contribution in [0.3, 0.4) is 0 Å². The number of amides is 1. The van der Waals surface area contributed by atoms with E-state index in [1.807, 2.05) is 48.5 Å². The summed E-state index contributed by atoms with van der Waals surface area (Å²) in [6.07, 6.45) is 3.87. The number of H-pyrrole nitrogens is 1. The first kappa shape index (κ1) is 16.5. The molecule has 1 atom stereocenters. The van der Waals surface area contributed by atoms with Gasteiger partial charge in [0.05, 0.1) is 28.4 Å². The van der Waals surface area contributed by atoms with E-state index in [2.05, 4.69) is 4.98 Å². The summed E-state index contributed by atoms with van der Waals surface area (Å²) in [5.74, 6) is -0.0398. The Morgan fingerprint density at radius 3 is 2.93 bits per heavy atom. The minimum atomic E-state index is -0.0398. The van der Waals surface area contributed by atoms with Gasteiger partial charge in [0, 0.05) is 23.7 Å². The Morgan fingerprint density at radius 1 is 1.22 bits per heavy atom. The van der Waals surface area contributed by atoms with E-state index in [0.29, 0.717) is 12.1 Å². The fraction of sp³-hybridized carbons (Fsp3) is 0.238. The molecule has 5 nitrogen and oxygen atoms in total. The van der Waals surface area contributed by atoms with E-state index in [-0.39, 0.29) is 12.0 Å². The van der Waals surface area contributed by atoms with Crippen molar-refractivity contribution in [2.75, 3.05) is 18.1 Å². The van der Waals surface area contributed by atoms with Gasteiger partial charge >= 0.3 is 0 Å². The lowest BCUT2D eigenvalue weighted by atomic mass is 10.1. The maximum Gasteiger partial charge on any atom is 0.262 e. The van der Waals surface area contributed by atoms with Crippen LogP contribution < -0.4 is 4.90 Å². The van der Waals surface area contributed by atoms with Gasteiger partial charge in [-0.05, 0) is 31.0 Å². The third-order valence-electron chi connectivity index (χ3n) is 4.99. The van der Waals surface area contributed by atoms with Crippen molar-refractivity contribution in [3.05, 3.63) is 60.3 Å². The molecular weight excluding hydrogens is 358 g/mol. The van der Waals surface area contributed by atoms with Gasteiger partial charge in [-0.2, -0.15) is 0 Å². The van der Waals surface area contributed by atoms with Crippen LogP contribution in [-0.2, 0) is 4.74 Å². The Bertz CT molecular complexity index is 1080. The van der Waals surface area contributed by atoms with Crippen molar-refractivity contribution in [2.45, 2.75) is 18.9 Å². The normalized spacial score (nSPS) is 17.0. The van der Waals surface area contributed by atoms with Gasteiger partial charge in [0.2, 0.25) is 0 Å². The molecule has 0 radical (unpaired) electrons. The van der Waals surface area contributed by atoms with Gasteiger partial charge in [-0.15, -0.1) is 0 Å². The first-order valence-corrected chi connectivity index (χ1v) is 9.96. The van der Waals surface area contributed by atoms with Crippen molar-refractivity contribution in [3.63, 3.8) is 0 Å². The molecule has 136 valence electrons. The zero-order chi connectivity index (χ0) is 18.2. The highest BCUT2D eigenvalue weighted by molar-refractivity contribution is 7.22.